The molecule has 3 rings (SSSR count). The molecule has 1 fully saturated rings. The number of likely N-dealkylation sites (tertiary alicyclic amines) is 1. The second kappa shape index (κ2) is 10.0. The third kappa shape index (κ3) is 5.79. The molecule has 2 aromatic rings. The van der Waals surface area contributed by atoms with Crippen molar-refractivity contribution in [2.24, 2.45) is 0 Å². The first-order chi connectivity index (χ1) is 14.1. The van der Waals surface area contributed by atoms with Crippen LogP contribution in [0.5, 0.6) is 0 Å². The van der Waals surface area contributed by atoms with Gasteiger partial charge in [-0.2, -0.15) is 0 Å². The topological polar surface area (TPSA) is 58.6 Å². The number of amides is 2. The fraction of sp³-hybridized carbons (Fsp3) is 0.391. The number of carbonyl (C=O) groups excluding carboxylic acids is 2. The van der Waals surface area contributed by atoms with E-state index in [0.717, 1.165) is 11.1 Å². The number of rotatable bonds is 6. The van der Waals surface area contributed by atoms with Crippen molar-refractivity contribution in [3.05, 3.63) is 71.5 Å². The van der Waals surface area contributed by atoms with Gasteiger partial charge < -0.3 is 15.0 Å². The van der Waals surface area contributed by atoms with Crippen LogP contribution in [0.1, 0.15) is 36.8 Å². The number of benzene rings is 2. The van der Waals surface area contributed by atoms with Crippen molar-refractivity contribution in [3.63, 3.8) is 0 Å². The summed E-state index contributed by atoms with van der Waals surface area (Å²) < 4.78 is 18.4. The Bertz CT molecular complexity index is 803. The van der Waals surface area contributed by atoms with Crippen LogP contribution in [0.2, 0.25) is 0 Å². The molecule has 1 saturated heterocycles. The molecule has 1 atom stereocenters. The molecule has 6 heteroatoms. The van der Waals surface area contributed by atoms with Gasteiger partial charge in [0, 0.05) is 19.1 Å². The summed E-state index contributed by atoms with van der Waals surface area (Å²) in [4.78, 5) is 26.6. The van der Waals surface area contributed by atoms with E-state index in [2.05, 4.69) is 5.32 Å². The molecular formula is C23H27FN2O3. The Labute approximate surface area is 170 Å². The van der Waals surface area contributed by atoms with Gasteiger partial charge in [-0.15, -0.1) is 0 Å². The van der Waals surface area contributed by atoms with Crippen molar-refractivity contribution in [1.82, 2.24) is 10.2 Å². The minimum atomic E-state index is -0.402. The lowest BCUT2D eigenvalue weighted by Crippen LogP contribution is -2.47. The van der Waals surface area contributed by atoms with Crippen LogP contribution in [0.3, 0.4) is 0 Å². The van der Waals surface area contributed by atoms with Crippen molar-refractivity contribution in [3.8, 4) is 0 Å². The molecule has 1 aliphatic heterocycles. The fourth-order valence-electron chi connectivity index (χ4n) is 3.63. The Kier molecular flexibility index (Phi) is 7.22. The standard InChI is InChI=1S/C23H27FN2O3/c1-2-29-23(28)26-14-12-20(13-15-26)25-22(27)21(16-17-6-4-3-5-7-17)18-8-10-19(24)11-9-18/h3-11,20-21H,2,12-16H2,1H3,(H,25,27). The summed E-state index contributed by atoms with van der Waals surface area (Å²) in [6.07, 6.45) is 1.61. The largest absolute Gasteiger partial charge is 0.450 e. The Hall–Kier alpha value is -2.89. The Morgan fingerprint density at radius 3 is 2.38 bits per heavy atom. The van der Waals surface area contributed by atoms with E-state index in [-0.39, 0.29) is 23.9 Å². The van der Waals surface area contributed by atoms with Crippen molar-refractivity contribution in [2.75, 3.05) is 19.7 Å². The highest BCUT2D eigenvalue weighted by molar-refractivity contribution is 5.84. The van der Waals surface area contributed by atoms with Crippen LogP contribution < -0.4 is 5.32 Å². The summed E-state index contributed by atoms with van der Waals surface area (Å²) in [6, 6.07) is 15.9. The predicted octanol–water partition coefficient (Wildman–Crippen LogP) is 3.89. The highest BCUT2D eigenvalue weighted by atomic mass is 19.1. The highest BCUT2D eigenvalue weighted by Gasteiger charge is 2.28. The van der Waals surface area contributed by atoms with Crippen LogP contribution in [-0.2, 0) is 16.0 Å². The monoisotopic (exact) mass is 398 g/mol. The first-order valence-corrected chi connectivity index (χ1v) is 10.1. The van der Waals surface area contributed by atoms with E-state index in [9.17, 15) is 14.0 Å². The van der Waals surface area contributed by atoms with Crippen LogP contribution in [0.15, 0.2) is 54.6 Å². The number of nitrogens with zero attached hydrogens (tertiary/aromatic N) is 1. The number of halogens is 1. The Morgan fingerprint density at radius 1 is 1.10 bits per heavy atom. The number of nitrogens with one attached hydrogen (secondary N) is 1. The van der Waals surface area contributed by atoms with Gasteiger partial charge in [0.1, 0.15) is 5.82 Å². The van der Waals surface area contributed by atoms with Crippen molar-refractivity contribution >= 4 is 12.0 Å². The molecule has 0 bridgehead atoms. The van der Waals surface area contributed by atoms with Crippen molar-refractivity contribution in [1.29, 1.82) is 0 Å². The normalized spacial score (nSPS) is 15.6. The smallest absolute Gasteiger partial charge is 0.409 e. The molecule has 1 unspecified atom stereocenters. The van der Waals surface area contributed by atoms with Crippen LogP contribution in [0.25, 0.3) is 0 Å². The van der Waals surface area contributed by atoms with Gasteiger partial charge in [0.05, 0.1) is 12.5 Å². The van der Waals surface area contributed by atoms with Crippen LogP contribution in [0, 0.1) is 5.82 Å². The molecule has 0 spiro atoms. The minimum absolute atomic E-state index is 0.00639. The van der Waals surface area contributed by atoms with Crippen LogP contribution in [-0.4, -0.2) is 42.6 Å². The lowest BCUT2D eigenvalue weighted by molar-refractivity contribution is -0.123. The molecule has 1 N–H and O–H groups in total. The zero-order valence-electron chi connectivity index (χ0n) is 16.6. The second-order valence-electron chi connectivity index (χ2n) is 7.26. The highest BCUT2D eigenvalue weighted by Crippen LogP contribution is 2.23. The molecule has 0 radical (unpaired) electrons. The number of piperidine rings is 1. The lowest BCUT2D eigenvalue weighted by atomic mass is 9.90. The van der Waals surface area contributed by atoms with Gasteiger partial charge in [0.15, 0.2) is 0 Å². The maximum Gasteiger partial charge on any atom is 0.409 e. The van der Waals surface area contributed by atoms with Crippen LogP contribution in [0.4, 0.5) is 9.18 Å². The molecule has 1 heterocycles. The summed E-state index contributed by atoms with van der Waals surface area (Å²) in [5.74, 6) is -0.796. The van der Waals surface area contributed by atoms with Gasteiger partial charge in [-0.05, 0) is 49.4 Å². The third-order valence-corrected chi connectivity index (χ3v) is 5.24. The zero-order valence-corrected chi connectivity index (χ0v) is 16.6. The van der Waals surface area contributed by atoms with Gasteiger partial charge in [-0.3, -0.25) is 4.79 Å². The maximum atomic E-state index is 13.4. The SMILES string of the molecule is CCOC(=O)N1CCC(NC(=O)C(Cc2ccccc2)c2ccc(F)cc2)CC1. The molecule has 0 saturated carbocycles. The van der Waals surface area contributed by atoms with E-state index in [1.807, 2.05) is 30.3 Å². The first kappa shape index (κ1) is 20.8. The summed E-state index contributed by atoms with van der Waals surface area (Å²) in [5, 5.41) is 3.13. The van der Waals surface area contributed by atoms with E-state index >= 15 is 0 Å². The number of hydrogen-bond acceptors (Lipinski definition) is 3. The van der Waals surface area contributed by atoms with E-state index in [0.29, 0.717) is 39.0 Å². The van der Waals surface area contributed by atoms with Crippen LogP contribution >= 0.6 is 0 Å². The molecule has 0 aliphatic carbocycles. The molecule has 2 amide bonds. The van der Waals surface area contributed by atoms with E-state index in [4.69, 9.17) is 4.74 Å². The third-order valence-electron chi connectivity index (χ3n) is 5.24. The molecule has 154 valence electrons. The first-order valence-electron chi connectivity index (χ1n) is 10.1. The maximum absolute atomic E-state index is 13.4. The fourth-order valence-corrected chi connectivity index (χ4v) is 3.63. The van der Waals surface area contributed by atoms with Gasteiger partial charge >= 0.3 is 6.09 Å². The Balaban J connectivity index is 1.65. The number of ether oxygens (including phenoxy) is 1. The van der Waals surface area contributed by atoms with Gasteiger partial charge in [-0.25, -0.2) is 9.18 Å². The molecule has 29 heavy (non-hydrogen) atoms. The van der Waals surface area contributed by atoms with Gasteiger partial charge in [0.2, 0.25) is 5.91 Å². The molecule has 1 aliphatic rings. The second-order valence-corrected chi connectivity index (χ2v) is 7.26. The van der Waals surface area contributed by atoms with E-state index in [1.54, 1.807) is 24.0 Å². The molecule has 2 aromatic carbocycles. The molecular weight excluding hydrogens is 371 g/mol. The average Bonchev–Trinajstić information content (AvgIpc) is 2.74. The molecule has 0 aromatic heterocycles. The minimum Gasteiger partial charge on any atom is -0.450 e. The van der Waals surface area contributed by atoms with Crippen molar-refractivity contribution in [2.45, 2.75) is 38.1 Å². The number of hydrogen-bond donors (Lipinski definition) is 1. The average molecular weight is 398 g/mol. The van der Waals surface area contributed by atoms with Crippen molar-refractivity contribution < 1.29 is 18.7 Å². The predicted molar refractivity (Wildman–Crippen MR) is 109 cm³/mol. The quantitative estimate of drug-likeness (QED) is 0.803. The summed E-state index contributed by atoms with van der Waals surface area (Å²) in [5.41, 5.74) is 1.84. The van der Waals surface area contributed by atoms with Gasteiger partial charge in [0.25, 0.3) is 0 Å². The summed E-state index contributed by atoms with van der Waals surface area (Å²) in [6.45, 7) is 3.26. The summed E-state index contributed by atoms with van der Waals surface area (Å²) >= 11 is 0. The zero-order chi connectivity index (χ0) is 20.6. The molecule has 5 nitrogen and oxygen atoms in total. The lowest BCUT2D eigenvalue weighted by Gasteiger charge is -2.32. The Morgan fingerprint density at radius 2 is 1.76 bits per heavy atom. The summed E-state index contributed by atoms with van der Waals surface area (Å²) in [7, 11) is 0. The van der Waals surface area contributed by atoms with E-state index in [1.165, 1.54) is 12.1 Å². The van der Waals surface area contributed by atoms with Gasteiger partial charge in [-0.1, -0.05) is 42.5 Å². The van der Waals surface area contributed by atoms with E-state index < -0.39 is 5.92 Å². The number of carbonyl (C=O) groups is 2.